The molecule has 0 fully saturated rings. The van der Waals surface area contributed by atoms with Crippen LogP contribution in [0.15, 0.2) is 0 Å². The molecule has 0 aromatic carbocycles. The molecule has 0 aliphatic heterocycles. The largest absolute Gasteiger partial charge is 0.772 e. The fraction of sp³-hybridized carbons (Fsp3) is 1.00. The highest BCUT2D eigenvalue weighted by molar-refractivity contribution is 7.79. The summed E-state index contributed by atoms with van der Waals surface area (Å²) in [6.45, 7) is 4.09. The quantitative estimate of drug-likeness (QED) is 0.458. The molecule has 0 saturated heterocycles. The molecule has 2 nitrogen and oxygen atoms in total. The van der Waals surface area contributed by atoms with E-state index in [1.165, 1.54) is 19.3 Å². The normalized spacial score (nSPS) is 15.9. The van der Waals surface area contributed by atoms with E-state index in [0.717, 1.165) is 19.3 Å². The van der Waals surface area contributed by atoms with E-state index in [4.69, 9.17) is 0 Å². The monoisotopic (exact) mass is 191 g/mol. The van der Waals surface area contributed by atoms with Crippen LogP contribution in [0.25, 0.3) is 0 Å². The van der Waals surface area contributed by atoms with E-state index in [0.29, 0.717) is 0 Å². The van der Waals surface area contributed by atoms with Crippen LogP contribution in [0.1, 0.15) is 52.4 Å². The molecule has 0 N–H and O–H groups in total. The van der Waals surface area contributed by atoms with Crippen molar-refractivity contribution >= 4 is 11.1 Å². The van der Waals surface area contributed by atoms with Crippen LogP contribution in [0.4, 0.5) is 0 Å². The highest BCUT2D eigenvalue weighted by atomic mass is 32.2. The zero-order valence-electron chi connectivity index (χ0n) is 8.04. The first-order chi connectivity index (χ1) is 5.72. The molecule has 0 aliphatic carbocycles. The van der Waals surface area contributed by atoms with Crippen molar-refractivity contribution < 1.29 is 8.76 Å². The summed E-state index contributed by atoms with van der Waals surface area (Å²) in [6.07, 6.45) is 6.25. The lowest BCUT2D eigenvalue weighted by atomic mass is 10.1. The van der Waals surface area contributed by atoms with Crippen LogP contribution < -0.4 is 0 Å². The van der Waals surface area contributed by atoms with Gasteiger partial charge in [-0.3, -0.25) is 4.21 Å². The van der Waals surface area contributed by atoms with Crippen molar-refractivity contribution in [3.8, 4) is 0 Å². The zero-order chi connectivity index (χ0) is 9.40. The van der Waals surface area contributed by atoms with E-state index < -0.39 is 11.1 Å². The molecule has 0 aliphatic rings. The number of rotatable bonds is 7. The first kappa shape index (κ1) is 12.1. The zero-order valence-corrected chi connectivity index (χ0v) is 8.86. The van der Waals surface area contributed by atoms with Gasteiger partial charge in [-0.1, -0.05) is 50.6 Å². The lowest BCUT2D eigenvalue weighted by Crippen LogP contribution is -2.12. The highest BCUT2D eigenvalue weighted by Gasteiger charge is 2.04. The Morgan fingerprint density at radius 3 is 2.33 bits per heavy atom. The summed E-state index contributed by atoms with van der Waals surface area (Å²) >= 11 is -1.86. The van der Waals surface area contributed by atoms with Gasteiger partial charge in [0.15, 0.2) is 0 Å². The number of hydrogen-bond donors (Lipinski definition) is 0. The average molecular weight is 191 g/mol. The molecule has 0 aromatic rings. The summed E-state index contributed by atoms with van der Waals surface area (Å²) in [4.78, 5) is 0. The molecule has 0 spiro atoms. The SMILES string of the molecule is CCCCCCC(CC)S(=O)[O-]. The molecule has 2 atom stereocenters. The lowest BCUT2D eigenvalue weighted by Gasteiger charge is -2.17. The van der Waals surface area contributed by atoms with Gasteiger partial charge < -0.3 is 4.55 Å². The third kappa shape index (κ3) is 5.72. The maximum atomic E-state index is 10.6. The van der Waals surface area contributed by atoms with Crippen LogP contribution >= 0.6 is 0 Å². The fourth-order valence-corrected chi connectivity index (χ4v) is 1.87. The van der Waals surface area contributed by atoms with Gasteiger partial charge in [-0.25, -0.2) is 0 Å². The van der Waals surface area contributed by atoms with E-state index in [2.05, 4.69) is 6.92 Å². The molecule has 0 amide bonds. The first-order valence-electron chi connectivity index (χ1n) is 4.80. The molecule has 0 bridgehead atoms. The molecule has 0 radical (unpaired) electrons. The number of unbranched alkanes of at least 4 members (excludes halogenated alkanes) is 3. The Balaban J connectivity index is 3.38. The molecule has 0 rings (SSSR count). The van der Waals surface area contributed by atoms with Crippen molar-refractivity contribution in [1.82, 2.24) is 0 Å². The van der Waals surface area contributed by atoms with Gasteiger partial charge in [0.1, 0.15) is 0 Å². The van der Waals surface area contributed by atoms with Gasteiger partial charge in [-0.15, -0.1) is 0 Å². The average Bonchev–Trinajstić information content (AvgIpc) is 2.04. The summed E-state index contributed by atoms with van der Waals surface area (Å²) in [5.74, 6) is 0. The van der Waals surface area contributed by atoms with Crippen LogP contribution in [-0.4, -0.2) is 14.0 Å². The third-order valence-electron chi connectivity index (χ3n) is 2.11. The summed E-state index contributed by atoms with van der Waals surface area (Å²) in [5, 5.41) is -0.109. The Morgan fingerprint density at radius 2 is 1.92 bits per heavy atom. The van der Waals surface area contributed by atoms with E-state index in [9.17, 15) is 8.76 Å². The summed E-state index contributed by atoms with van der Waals surface area (Å²) in [5.41, 5.74) is 0. The van der Waals surface area contributed by atoms with Crippen molar-refractivity contribution in [1.29, 1.82) is 0 Å². The van der Waals surface area contributed by atoms with Gasteiger partial charge in [-0.2, -0.15) is 0 Å². The molecular formula is C9H19O2S-. The van der Waals surface area contributed by atoms with Gasteiger partial charge in [0.25, 0.3) is 0 Å². The van der Waals surface area contributed by atoms with E-state index in [-0.39, 0.29) is 5.25 Å². The summed E-state index contributed by atoms with van der Waals surface area (Å²) in [6, 6.07) is 0. The topological polar surface area (TPSA) is 40.1 Å². The van der Waals surface area contributed by atoms with Crippen molar-refractivity contribution in [2.45, 2.75) is 57.6 Å². The van der Waals surface area contributed by atoms with Crippen molar-refractivity contribution in [3.63, 3.8) is 0 Å². The molecule has 12 heavy (non-hydrogen) atoms. The smallest absolute Gasteiger partial charge is 0.0213 e. The predicted octanol–water partition coefficient (Wildman–Crippen LogP) is 2.61. The second kappa shape index (κ2) is 7.74. The molecule has 74 valence electrons. The minimum atomic E-state index is -1.86. The molecule has 0 aromatic heterocycles. The van der Waals surface area contributed by atoms with Crippen LogP contribution in [0, 0.1) is 0 Å². The maximum Gasteiger partial charge on any atom is 0.0213 e. The number of hydrogen-bond acceptors (Lipinski definition) is 2. The van der Waals surface area contributed by atoms with E-state index in [1.54, 1.807) is 0 Å². The van der Waals surface area contributed by atoms with E-state index in [1.807, 2.05) is 6.92 Å². The van der Waals surface area contributed by atoms with Crippen molar-refractivity contribution in [2.24, 2.45) is 0 Å². The van der Waals surface area contributed by atoms with Crippen molar-refractivity contribution in [3.05, 3.63) is 0 Å². The van der Waals surface area contributed by atoms with Crippen LogP contribution in [0.2, 0.25) is 0 Å². The Bertz CT molecular complexity index is 126. The highest BCUT2D eigenvalue weighted by Crippen LogP contribution is 2.11. The van der Waals surface area contributed by atoms with Gasteiger partial charge in [0.05, 0.1) is 0 Å². The molecule has 0 saturated carbocycles. The molecule has 2 unspecified atom stereocenters. The van der Waals surface area contributed by atoms with Crippen molar-refractivity contribution in [2.75, 3.05) is 0 Å². The van der Waals surface area contributed by atoms with Crippen LogP contribution in [0.3, 0.4) is 0 Å². The Labute approximate surface area is 78.0 Å². The van der Waals surface area contributed by atoms with Gasteiger partial charge in [0.2, 0.25) is 0 Å². The minimum Gasteiger partial charge on any atom is -0.772 e. The predicted molar refractivity (Wildman–Crippen MR) is 51.8 cm³/mol. The van der Waals surface area contributed by atoms with Gasteiger partial charge in [0, 0.05) is 5.25 Å². The molecular weight excluding hydrogens is 172 g/mol. The third-order valence-corrected chi connectivity index (χ3v) is 3.22. The standard InChI is InChI=1S/C9H20O2S/c1-3-5-6-7-8-9(4-2)12(10)11/h9H,3-8H2,1-2H3,(H,10,11)/p-1. The fourth-order valence-electron chi connectivity index (χ4n) is 1.24. The molecule has 3 heteroatoms. The Hall–Kier alpha value is 0.110. The van der Waals surface area contributed by atoms with Crippen LogP contribution in [0.5, 0.6) is 0 Å². The first-order valence-corrected chi connectivity index (χ1v) is 5.94. The Kier molecular flexibility index (Phi) is 7.81. The lowest BCUT2D eigenvalue weighted by molar-refractivity contribution is 0.503. The minimum absolute atomic E-state index is 0.109. The van der Waals surface area contributed by atoms with Gasteiger partial charge in [-0.05, 0) is 12.8 Å². The summed E-state index contributed by atoms with van der Waals surface area (Å²) < 4.78 is 21.2. The maximum absolute atomic E-state index is 10.6. The summed E-state index contributed by atoms with van der Waals surface area (Å²) in [7, 11) is 0. The molecule has 0 heterocycles. The van der Waals surface area contributed by atoms with Crippen LogP contribution in [-0.2, 0) is 11.1 Å². The second-order valence-electron chi connectivity index (χ2n) is 3.14. The van der Waals surface area contributed by atoms with E-state index >= 15 is 0 Å². The second-order valence-corrected chi connectivity index (χ2v) is 4.33. The Morgan fingerprint density at radius 1 is 1.25 bits per heavy atom. The van der Waals surface area contributed by atoms with Gasteiger partial charge >= 0.3 is 0 Å².